The second-order valence-corrected chi connectivity index (χ2v) is 19.5. The number of nitrogen functional groups attached to an aromatic ring is 2. The molecule has 302 valence electrons. The summed E-state index contributed by atoms with van der Waals surface area (Å²) in [5, 5.41) is 1.73. The van der Waals surface area contributed by atoms with Gasteiger partial charge in [-0.3, -0.25) is 13.7 Å². The van der Waals surface area contributed by atoms with Crippen LogP contribution in [0.1, 0.15) is 11.1 Å². The summed E-state index contributed by atoms with van der Waals surface area (Å²) in [5.74, 6) is 0.804. The van der Waals surface area contributed by atoms with Gasteiger partial charge in [-0.05, 0) is 83.9 Å². The molecule has 0 aliphatic heterocycles. The average Bonchev–Trinajstić information content (AvgIpc) is 3.84. The molecule has 0 saturated carbocycles. The Hall–Kier alpha value is -5.42. The lowest BCUT2D eigenvalue weighted by atomic mass is 10.2. The third-order valence-electron chi connectivity index (χ3n) is 8.55. The molecule has 0 aliphatic carbocycles. The molecule has 2 heterocycles. The van der Waals surface area contributed by atoms with E-state index in [1.165, 1.54) is 30.0 Å². The standard InChI is InChI=1S/C21H17ClN2O4S2.C21H17ClN2O3S2/c22-16-8-9-20(29(25)13-14-4-3-6-17(23)10-14)18(12-16)24-30(26,27)21-11-15-5-1-2-7-19(15)28-21;22-16-8-9-20(28-13-14-4-3-6-17(23)10-14)18(12-16)24-29(25,26)21-11-15-5-1-2-7-19(15)27-21/h1-12,24H,13,23H2;1-12,24H,13,23H2. The molecule has 0 amide bonds. The fraction of sp³-hybridized carbons (Fsp3) is 0.0476. The Morgan fingerprint density at radius 3 is 1.66 bits per heavy atom. The summed E-state index contributed by atoms with van der Waals surface area (Å²) < 4.78 is 80.6. The number of sulfonamides is 2. The minimum absolute atomic E-state index is 0.130. The summed E-state index contributed by atoms with van der Waals surface area (Å²) >= 11 is 13.7. The van der Waals surface area contributed by atoms with E-state index in [0.717, 1.165) is 21.4 Å². The molecule has 1 unspecified atom stereocenters. The lowest BCUT2D eigenvalue weighted by Crippen LogP contribution is -2.14. The second-order valence-electron chi connectivity index (χ2n) is 13.0. The van der Waals surface area contributed by atoms with Gasteiger partial charge in [0.15, 0.2) is 0 Å². The molecule has 1 atom stereocenters. The first-order chi connectivity index (χ1) is 28.2. The molecule has 0 bridgehead atoms. The topological polar surface area (TPSA) is 188 Å². The van der Waals surface area contributed by atoms with Crippen molar-refractivity contribution in [2.45, 2.75) is 31.5 Å². The molecule has 0 spiro atoms. The number of fused-ring (bicyclic) bond motifs is 2. The summed E-state index contributed by atoms with van der Waals surface area (Å²) in [6.07, 6.45) is 0. The van der Waals surface area contributed by atoms with Crippen LogP contribution in [-0.4, -0.2) is 21.0 Å². The Labute approximate surface area is 357 Å². The van der Waals surface area contributed by atoms with Gasteiger partial charge in [0.2, 0.25) is 10.2 Å². The predicted octanol–water partition coefficient (Wildman–Crippen LogP) is 10.5. The highest BCUT2D eigenvalue weighted by Crippen LogP contribution is 2.35. The highest BCUT2D eigenvalue weighted by atomic mass is 35.5. The lowest BCUT2D eigenvalue weighted by molar-refractivity contribution is 0.484. The van der Waals surface area contributed by atoms with Gasteiger partial charge in [-0.25, -0.2) is 0 Å². The van der Waals surface area contributed by atoms with Crippen LogP contribution in [0.15, 0.2) is 174 Å². The normalized spacial score (nSPS) is 12.2. The van der Waals surface area contributed by atoms with Crippen molar-refractivity contribution in [3.8, 4) is 0 Å². The number of benzene rings is 6. The summed E-state index contributed by atoms with van der Waals surface area (Å²) in [4.78, 5) is 1.05. The molecule has 17 heteroatoms. The fourth-order valence-electron chi connectivity index (χ4n) is 5.81. The number of hydrogen-bond donors (Lipinski definition) is 4. The molecule has 2 aromatic heterocycles. The van der Waals surface area contributed by atoms with Crippen LogP contribution < -0.4 is 20.9 Å². The van der Waals surface area contributed by atoms with E-state index < -0.39 is 30.8 Å². The van der Waals surface area contributed by atoms with Gasteiger partial charge in [0, 0.05) is 55.0 Å². The van der Waals surface area contributed by atoms with E-state index in [-0.39, 0.29) is 21.6 Å². The Balaban J connectivity index is 0.000000179. The van der Waals surface area contributed by atoms with Crippen molar-refractivity contribution in [3.63, 3.8) is 0 Å². The van der Waals surface area contributed by atoms with Crippen LogP contribution in [0.4, 0.5) is 22.7 Å². The van der Waals surface area contributed by atoms with Crippen LogP contribution in [0.5, 0.6) is 0 Å². The first kappa shape index (κ1) is 41.7. The minimum Gasteiger partial charge on any atom is -0.443 e. The zero-order valence-corrected chi connectivity index (χ0v) is 35.4. The molecule has 8 rings (SSSR count). The summed E-state index contributed by atoms with van der Waals surface area (Å²) in [5.41, 5.74) is 16.2. The van der Waals surface area contributed by atoms with Gasteiger partial charge >= 0.3 is 0 Å². The highest BCUT2D eigenvalue weighted by Gasteiger charge is 2.24. The molecule has 6 aromatic carbocycles. The van der Waals surface area contributed by atoms with E-state index in [9.17, 15) is 21.0 Å². The van der Waals surface area contributed by atoms with E-state index in [4.69, 9.17) is 43.5 Å². The smallest absolute Gasteiger partial charge is 0.295 e. The van der Waals surface area contributed by atoms with Crippen LogP contribution in [0.25, 0.3) is 21.9 Å². The van der Waals surface area contributed by atoms with Crippen LogP contribution in [0.3, 0.4) is 0 Å². The quantitative estimate of drug-likeness (QED) is 0.0678. The molecular formula is C42H34Cl2N4O7S4. The molecule has 11 nitrogen and oxygen atoms in total. The maximum atomic E-state index is 13.0. The maximum absolute atomic E-state index is 13.0. The highest BCUT2D eigenvalue weighted by molar-refractivity contribution is 7.99. The Morgan fingerprint density at radius 1 is 0.576 bits per heavy atom. The zero-order valence-electron chi connectivity index (χ0n) is 30.7. The van der Waals surface area contributed by atoms with Gasteiger partial charge in [0.1, 0.15) is 11.2 Å². The molecule has 6 N–H and O–H groups in total. The van der Waals surface area contributed by atoms with E-state index in [0.29, 0.717) is 54.3 Å². The molecule has 0 radical (unpaired) electrons. The molecular weight excluding hydrogens is 872 g/mol. The predicted molar refractivity (Wildman–Crippen MR) is 238 cm³/mol. The van der Waals surface area contributed by atoms with Crippen molar-refractivity contribution in [1.29, 1.82) is 0 Å². The Bertz CT molecular complexity index is 3000. The number of furan rings is 2. The number of thioether (sulfide) groups is 1. The number of rotatable bonds is 12. The lowest BCUT2D eigenvalue weighted by Gasteiger charge is -2.12. The van der Waals surface area contributed by atoms with Crippen molar-refractivity contribution in [3.05, 3.63) is 167 Å². The number of anilines is 4. The van der Waals surface area contributed by atoms with E-state index in [1.807, 2.05) is 36.4 Å². The molecule has 0 fully saturated rings. The minimum atomic E-state index is -4.06. The van der Waals surface area contributed by atoms with Gasteiger partial charge in [-0.1, -0.05) is 83.9 Å². The number of halogens is 2. The molecule has 0 saturated heterocycles. The van der Waals surface area contributed by atoms with Crippen molar-refractivity contribution >= 4 is 110 Å². The van der Waals surface area contributed by atoms with Gasteiger partial charge in [-0.15, -0.1) is 11.8 Å². The van der Waals surface area contributed by atoms with Crippen LogP contribution >= 0.6 is 35.0 Å². The van der Waals surface area contributed by atoms with Crippen molar-refractivity contribution in [2.24, 2.45) is 0 Å². The monoisotopic (exact) mass is 904 g/mol. The van der Waals surface area contributed by atoms with Crippen LogP contribution in [0.2, 0.25) is 10.0 Å². The third kappa shape index (κ3) is 10.4. The summed E-state index contributed by atoms with van der Waals surface area (Å²) in [6.45, 7) is 0. The zero-order chi connectivity index (χ0) is 41.7. The first-order valence-electron chi connectivity index (χ1n) is 17.5. The van der Waals surface area contributed by atoms with E-state index in [2.05, 4.69) is 9.44 Å². The third-order valence-corrected chi connectivity index (χ3v) is 14.0. The number of nitrogens with one attached hydrogen (secondary N) is 2. The molecule has 59 heavy (non-hydrogen) atoms. The van der Waals surface area contributed by atoms with Crippen molar-refractivity contribution in [2.75, 3.05) is 20.9 Å². The average molecular weight is 906 g/mol. The van der Waals surface area contributed by atoms with Crippen molar-refractivity contribution in [1.82, 2.24) is 0 Å². The molecule has 0 aliphatic rings. The van der Waals surface area contributed by atoms with E-state index in [1.54, 1.807) is 91.0 Å². The van der Waals surface area contributed by atoms with E-state index >= 15 is 0 Å². The van der Waals surface area contributed by atoms with Gasteiger partial charge in [-0.2, -0.15) is 16.8 Å². The van der Waals surface area contributed by atoms with Crippen molar-refractivity contribution < 1.29 is 29.9 Å². The number of hydrogen-bond acceptors (Lipinski definition) is 10. The maximum Gasteiger partial charge on any atom is 0.295 e. The van der Waals surface area contributed by atoms with Crippen LogP contribution in [-0.2, 0) is 42.4 Å². The first-order valence-corrected chi connectivity index (χ1v) is 23.6. The van der Waals surface area contributed by atoms with Crippen LogP contribution in [0, 0.1) is 0 Å². The number of para-hydroxylation sites is 2. The van der Waals surface area contributed by atoms with Gasteiger partial charge in [0.05, 0.1) is 32.8 Å². The Morgan fingerprint density at radius 2 is 1.08 bits per heavy atom. The Kier molecular flexibility index (Phi) is 12.6. The SMILES string of the molecule is Nc1cccc(CS(=O)c2ccc(Cl)cc2NS(=O)(=O)c2cc3ccccc3o2)c1.Nc1cccc(CSc2ccc(Cl)cc2NS(=O)(=O)c2cc3ccccc3o2)c1. The summed E-state index contributed by atoms with van der Waals surface area (Å²) in [7, 11) is -9.51. The molecule has 8 aromatic rings. The largest absolute Gasteiger partial charge is 0.443 e. The second kappa shape index (κ2) is 17.8. The number of nitrogens with two attached hydrogens (primary N) is 2. The fourth-order valence-corrected chi connectivity index (χ4v) is 10.5. The summed E-state index contributed by atoms with van der Waals surface area (Å²) in [6, 6.07) is 41.3. The van der Waals surface area contributed by atoms with Gasteiger partial charge < -0.3 is 20.3 Å². The van der Waals surface area contributed by atoms with Gasteiger partial charge in [0.25, 0.3) is 20.0 Å².